The van der Waals surface area contributed by atoms with E-state index >= 15 is 0 Å². The minimum absolute atomic E-state index is 0.0282. The Morgan fingerprint density at radius 1 is 1.00 bits per heavy atom. The molecule has 0 spiro atoms. The predicted octanol–water partition coefficient (Wildman–Crippen LogP) is 4.74. The molecule has 0 aliphatic carbocycles. The fourth-order valence-corrected chi connectivity index (χ4v) is 3.70. The topological polar surface area (TPSA) is 99.9 Å². The summed E-state index contributed by atoms with van der Waals surface area (Å²) in [7, 11) is 0. The van der Waals surface area contributed by atoms with Crippen molar-refractivity contribution in [2.75, 3.05) is 5.32 Å². The van der Waals surface area contributed by atoms with Gasteiger partial charge >= 0.3 is 0 Å². The Kier molecular flexibility index (Phi) is 6.46. The van der Waals surface area contributed by atoms with Crippen LogP contribution in [0.4, 0.5) is 11.4 Å². The molecule has 9 heteroatoms. The number of non-ortho nitro benzene ring substituents is 1. The quantitative estimate of drug-likeness (QED) is 0.241. The molecule has 8 nitrogen and oxygen atoms in total. The van der Waals surface area contributed by atoms with E-state index in [9.17, 15) is 14.9 Å². The molecule has 1 heterocycles. The normalized spacial score (nSPS) is 14.2. The standard InChI is InChI=1S/C25H21N5O3S/c1-16-7-6-8-17(2)22(16)27-25(34)28-29-23(19-9-4-3-5-10-19)26-21(24(29)31)15-18-11-13-20(14-12-18)30(32)33/h3-15H,1-2H3,(H2,27,28,34)/b21-15-. The molecule has 0 fully saturated rings. The third kappa shape index (κ3) is 4.84. The zero-order chi connectivity index (χ0) is 24.2. The Labute approximate surface area is 201 Å². The van der Waals surface area contributed by atoms with Gasteiger partial charge in [0.1, 0.15) is 5.70 Å². The summed E-state index contributed by atoms with van der Waals surface area (Å²) in [5.41, 5.74) is 7.36. The van der Waals surface area contributed by atoms with Gasteiger partial charge in [-0.05, 0) is 61.0 Å². The molecular weight excluding hydrogens is 450 g/mol. The van der Waals surface area contributed by atoms with Crippen LogP contribution in [-0.4, -0.2) is 26.8 Å². The van der Waals surface area contributed by atoms with Crippen molar-refractivity contribution in [1.82, 2.24) is 10.4 Å². The first kappa shape index (κ1) is 22.8. The molecule has 3 aromatic carbocycles. The predicted molar refractivity (Wildman–Crippen MR) is 136 cm³/mol. The van der Waals surface area contributed by atoms with Crippen LogP contribution in [0.3, 0.4) is 0 Å². The number of nitrogens with one attached hydrogen (secondary N) is 2. The van der Waals surface area contributed by atoms with Crippen molar-refractivity contribution in [3.05, 3.63) is 111 Å². The van der Waals surface area contributed by atoms with Gasteiger partial charge in [0.2, 0.25) is 0 Å². The molecule has 3 aromatic rings. The Bertz CT molecular complexity index is 1310. The number of amidine groups is 1. The summed E-state index contributed by atoms with van der Waals surface area (Å²) in [5, 5.41) is 15.6. The number of benzene rings is 3. The average Bonchev–Trinajstić information content (AvgIpc) is 3.12. The van der Waals surface area contributed by atoms with Gasteiger partial charge in [0.15, 0.2) is 10.9 Å². The van der Waals surface area contributed by atoms with E-state index < -0.39 is 10.8 Å². The summed E-state index contributed by atoms with van der Waals surface area (Å²) in [6, 6.07) is 21.1. The maximum Gasteiger partial charge on any atom is 0.297 e. The highest BCUT2D eigenvalue weighted by Crippen LogP contribution is 2.23. The number of nitrogens with zero attached hydrogens (tertiary/aromatic N) is 3. The maximum atomic E-state index is 13.3. The second-order valence-corrected chi connectivity index (χ2v) is 8.06. The van der Waals surface area contributed by atoms with E-state index in [0.29, 0.717) is 11.4 Å². The summed E-state index contributed by atoms with van der Waals surface area (Å²) in [5.74, 6) is -0.00715. The van der Waals surface area contributed by atoms with Crippen LogP contribution in [-0.2, 0) is 4.79 Å². The lowest BCUT2D eigenvalue weighted by atomic mass is 10.1. The van der Waals surface area contributed by atoms with Gasteiger partial charge in [-0.2, -0.15) is 5.01 Å². The lowest BCUT2D eigenvalue weighted by Gasteiger charge is -2.22. The Hall–Kier alpha value is -4.37. The molecule has 1 aliphatic heterocycles. The van der Waals surface area contributed by atoms with Gasteiger partial charge in [0.25, 0.3) is 11.6 Å². The van der Waals surface area contributed by atoms with Crippen molar-refractivity contribution in [2.24, 2.45) is 4.99 Å². The summed E-state index contributed by atoms with van der Waals surface area (Å²) in [6.07, 6.45) is 1.58. The lowest BCUT2D eigenvalue weighted by Crippen LogP contribution is -2.49. The van der Waals surface area contributed by atoms with Crippen LogP contribution in [0.25, 0.3) is 6.08 Å². The van der Waals surface area contributed by atoms with Gasteiger partial charge in [-0.1, -0.05) is 48.5 Å². The Balaban J connectivity index is 1.63. The monoisotopic (exact) mass is 471 g/mol. The van der Waals surface area contributed by atoms with Gasteiger partial charge < -0.3 is 5.32 Å². The molecule has 0 saturated heterocycles. The number of amides is 1. The summed E-state index contributed by atoms with van der Waals surface area (Å²) in [4.78, 5) is 28.2. The molecule has 0 saturated carbocycles. The number of hydrogen-bond acceptors (Lipinski definition) is 5. The number of para-hydroxylation sites is 1. The van der Waals surface area contributed by atoms with Gasteiger partial charge in [-0.3, -0.25) is 20.3 Å². The number of nitro benzene ring substituents is 1. The van der Waals surface area contributed by atoms with Crippen LogP contribution in [0.1, 0.15) is 22.3 Å². The number of anilines is 1. The van der Waals surface area contributed by atoms with Crippen LogP contribution < -0.4 is 10.7 Å². The molecule has 0 aromatic heterocycles. The number of rotatable bonds is 5. The molecule has 0 atom stereocenters. The van der Waals surface area contributed by atoms with Crippen LogP contribution in [0, 0.1) is 24.0 Å². The molecule has 0 radical (unpaired) electrons. The van der Waals surface area contributed by atoms with Crippen LogP contribution in [0.15, 0.2) is 83.5 Å². The van der Waals surface area contributed by atoms with E-state index in [4.69, 9.17) is 12.2 Å². The number of carbonyl (C=O) groups is 1. The largest absolute Gasteiger partial charge is 0.331 e. The molecule has 1 amide bonds. The first-order valence-corrected chi connectivity index (χ1v) is 10.8. The molecule has 1 aliphatic rings. The molecule has 34 heavy (non-hydrogen) atoms. The number of hydrogen-bond donors (Lipinski definition) is 2. The van der Waals surface area contributed by atoms with Gasteiger partial charge in [0.05, 0.1) is 4.92 Å². The Morgan fingerprint density at radius 3 is 2.26 bits per heavy atom. The average molecular weight is 472 g/mol. The second-order valence-electron chi connectivity index (χ2n) is 7.65. The van der Waals surface area contributed by atoms with E-state index in [1.807, 2.05) is 62.4 Å². The van der Waals surface area contributed by atoms with Crippen LogP contribution >= 0.6 is 12.2 Å². The zero-order valence-electron chi connectivity index (χ0n) is 18.5. The smallest absolute Gasteiger partial charge is 0.297 e. The van der Waals surface area contributed by atoms with E-state index in [-0.39, 0.29) is 16.5 Å². The highest BCUT2D eigenvalue weighted by molar-refractivity contribution is 7.80. The number of hydrazine groups is 1. The molecule has 0 unspecified atom stereocenters. The molecule has 2 N–H and O–H groups in total. The number of aliphatic imine (C=N–C) groups is 1. The number of thiocarbonyl (C=S) groups is 1. The summed E-state index contributed by atoms with van der Waals surface area (Å²) < 4.78 is 0. The maximum absolute atomic E-state index is 13.3. The van der Waals surface area contributed by atoms with E-state index in [1.54, 1.807) is 18.2 Å². The van der Waals surface area contributed by atoms with Gasteiger partial charge in [-0.25, -0.2) is 4.99 Å². The molecular formula is C25H21N5O3S. The fraction of sp³-hybridized carbons (Fsp3) is 0.0800. The third-order valence-corrected chi connectivity index (χ3v) is 5.43. The highest BCUT2D eigenvalue weighted by atomic mass is 32.1. The van der Waals surface area contributed by atoms with Gasteiger partial charge in [-0.15, -0.1) is 0 Å². The van der Waals surface area contributed by atoms with Gasteiger partial charge in [0, 0.05) is 23.4 Å². The molecule has 170 valence electrons. The van der Waals surface area contributed by atoms with Crippen molar-refractivity contribution in [3.63, 3.8) is 0 Å². The van der Waals surface area contributed by atoms with E-state index in [0.717, 1.165) is 22.4 Å². The van der Waals surface area contributed by atoms with Crippen molar-refractivity contribution >= 4 is 46.5 Å². The van der Waals surface area contributed by atoms with Crippen LogP contribution in [0.5, 0.6) is 0 Å². The van der Waals surface area contributed by atoms with Crippen molar-refractivity contribution in [1.29, 1.82) is 0 Å². The summed E-state index contributed by atoms with van der Waals surface area (Å²) in [6.45, 7) is 3.95. The number of carbonyl (C=O) groups excluding carboxylic acids is 1. The minimum atomic E-state index is -0.473. The van der Waals surface area contributed by atoms with E-state index in [1.165, 1.54) is 17.1 Å². The number of nitro groups is 1. The second kappa shape index (κ2) is 9.63. The molecule has 4 rings (SSSR count). The first-order valence-electron chi connectivity index (χ1n) is 10.4. The molecule has 0 bridgehead atoms. The number of aryl methyl sites for hydroxylation is 2. The van der Waals surface area contributed by atoms with Crippen molar-refractivity contribution in [3.8, 4) is 0 Å². The first-order chi connectivity index (χ1) is 16.3. The third-order valence-electron chi connectivity index (χ3n) is 5.23. The highest BCUT2D eigenvalue weighted by Gasteiger charge is 2.32. The summed E-state index contributed by atoms with van der Waals surface area (Å²) >= 11 is 5.50. The van der Waals surface area contributed by atoms with Crippen LogP contribution in [0.2, 0.25) is 0 Å². The lowest BCUT2D eigenvalue weighted by molar-refractivity contribution is -0.384. The Morgan fingerprint density at radius 2 is 1.65 bits per heavy atom. The van der Waals surface area contributed by atoms with E-state index in [2.05, 4.69) is 15.7 Å². The zero-order valence-corrected chi connectivity index (χ0v) is 19.3. The SMILES string of the molecule is Cc1cccc(C)c1NC(=S)NN1C(=O)/C(=C/c2ccc([N+](=O)[O-])cc2)N=C1c1ccccc1. The fourth-order valence-electron chi connectivity index (χ4n) is 3.51. The van der Waals surface area contributed by atoms with Crippen molar-refractivity contribution in [2.45, 2.75) is 13.8 Å². The van der Waals surface area contributed by atoms with Crippen molar-refractivity contribution < 1.29 is 9.72 Å². The minimum Gasteiger partial charge on any atom is -0.331 e.